The molecule has 0 saturated heterocycles. The van der Waals surface area contributed by atoms with Gasteiger partial charge >= 0.3 is 6.03 Å². The molecule has 4 nitrogen and oxygen atoms in total. The molecule has 2 aromatic rings. The van der Waals surface area contributed by atoms with Crippen LogP contribution in [0.3, 0.4) is 0 Å². The first-order valence-electron chi connectivity index (χ1n) is 8.21. The van der Waals surface area contributed by atoms with Crippen LogP contribution in [0.4, 0.5) is 13.6 Å². The van der Waals surface area contributed by atoms with Crippen LogP contribution in [0.25, 0.3) is 0 Å². The number of pyridine rings is 1. The first-order chi connectivity index (χ1) is 11.8. The highest BCUT2D eigenvalue weighted by Gasteiger charge is 2.46. The van der Waals surface area contributed by atoms with Crippen LogP contribution in [-0.2, 0) is 12.1 Å². The van der Waals surface area contributed by atoms with E-state index in [0.29, 0.717) is 24.9 Å². The molecule has 1 saturated carbocycles. The number of carbonyl (C=O) groups is 1. The highest BCUT2D eigenvalue weighted by atomic mass is 19.1. The minimum Gasteiger partial charge on any atom is -0.328 e. The van der Waals surface area contributed by atoms with Gasteiger partial charge in [0, 0.05) is 18.8 Å². The van der Waals surface area contributed by atoms with Gasteiger partial charge in [-0.15, -0.1) is 0 Å². The summed E-state index contributed by atoms with van der Waals surface area (Å²) in [4.78, 5) is 18.5. The van der Waals surface area contributed by atoms with E-state index in [1.54, 1.807) is 7.05 Å². The van der Waals surface area contributed by atoms with Gasteiger partial charge in [-0.3, -0.25) is 4.98 Å². The van der Waals surface area contributed by atoms with Crippen molar-refractivity contribution < 1.29 is 13.6 Å². The van der Waals surface area contributed by atoms with Crippen molar-refractivity contribution in [3.63, 3.8) is 0 Å². The summed E-state index contributed by atoms with van der Waals surface area (Å²) in [6.45, 7) is 4.26. The number of nitrogens with one attached hydrogen (secondary N) is 1. The third-order valence-electron chi connectivity index (χ3n) is 4.41. The van der Waals surface area contributed by atoms with Gasteiger partial charge in [-0.25, -0.2) is 13.6 Å². The van der Waals surface area contributed by atoms with Crippen LogP contribution < -0.4 is 5.32 Å². The normalized spacial score (nSPS) is 14.9. The number of halogens is 2. The van der Waals surface area contributed by atoms with Gasteiger partial charge in [0.1, 0.15) is 11.6 Å². The van der Waals surface area contributed by atoms with Crippen molar-refractivity contribution in [2.24, 2.45) is 0 Å². The summed E-state index contributed by atoms with van der Waals surface area (Å²) >= 11 is 0. The highest BCUT2D eigenvalue weighted by Crippen LogP contribution is 2.46. The largest absolute Gasteiger partial charge is 0.328 e. The molecular weight excluding hydrogens is 324 g/mol. The highest BCUT2D eigenvalue weighted by molar-refractivity contribution is 5.75. The summed E-state index contributed by atoms with van der Waals surface area (Å²) in [5.41, 5.74) is 2.58. The topological polar surface area (TPSA) is 45.2 Å². The molecule has 0 radical (unpaired) electrons. The summed E-state index contributed by atoms with van der Waals surface area (Å²) in [6, 6.07) is 7.01. The second kappa shape index (κ2) is 6.43. The fourth-order valence-corrected chi connectivity index (χ4v) is 3.06. The molecule has 1 aliphatic carbocycles. The lowest BCUT2D eigenvalue weighted by Crippen LogP contribution is -2.43. The van der Waals surface area contributed by atoms with Crippen molar-refractivity contribution in [2.75, 3.05) is 7.05 Å². The van der Waals surface area contributed by atoms with Crippen LogP contribution in [0.2, 0.25) is 0 Å². The molecule has 1 N–H and O–H groups in total. The fraction of sp³-hybridized carbons (Fsp3) is 0.368. The first kappa shape index (κ1) is 17.3. The molecule has 1 fully saturated rings. The second-order valence-corrected chi connectivity index (χ2v) is 6.80. The van der Waals surface area contributed by atoms with Crippen LogP contribution >= 0.6 is 0 Å². The summed E-state index contributed by atoms with van der Waals surface area (Å²) in [5.74, 6) is -1.27. The fourth-order valence-electron chi connectivity index (χ4n) is 3.06. The molecule has 0 spiro atoms. The molecule has 1 aromatic carbocycles. The Kier molecular flexibility index (Phi) is 4.45. The number of urea groups is 1. The predicted octanol–water partition coefficient (Wildman–Crippen LogP) is 3.81. The Labute approximate surface area is 145 Å². The standard InChI is InChI=1S/C19H21F2N3O/c1-12-6-13(2)22-17(7-12)11-24(3)18(25)23-19(4-5-19)14-8-15(20)10-16(21)9-14/h6-10H,4-5,11H2,1-3H3,(H,23,25). The molecule has 0 aliphatic heterocycles. The number of aromatic nitrogens is 1. The van der Waals surface area contributed by atoms with Gasteiger partial charge < -0.3 is 10.2 Å². The molecule has 25 heavy (non-hydrogen) atoms. The molecule has 1 heterocycles. The monoisotopic (exact) mass is 345 g/mol. The Morgan fingerprint density at radius 2 is 1.80 bits per heavy atom. The average molecular weight is 345 g/mol. The van der Waals surface area contributed by atoms with Crippen LogP contribution in [0, 0.1) is 25.5 Å². The van der Waals surface area contributed by atoms with E-state index in [1.807, 2.05) is 26.0 Å². The average Bonchev–Trinajstić information content (AvgIpc) is 3.26. The lowest BCUT2D eigenvalue weighted by Gasteiger charge is -2.24. The van der Waals surface area contributed by atoms with Crippen molar-refractivity contribution >= 4 is 6.03 Å². The van der Waals surface area contributed by atoms with Gasteiger partial charge in [0.05, 0.1) is 17.8 Å². The third kappa shape index (κ3) is 3.95. The number of hydrogen-bond acceptors (Lipinski definition) is 2. The lowest BCUT2D eigenvalue weighted by atomic mass is 10.0. The molecule has 2 amide bonds. The Bertz CT molecular complexity index is 778. The smallest absolute Gasteiger partial charge is 0.318 e. The molecule has 1 aromatic heterocycles. The second-order valence-electron chi connectivity index (χ2n) is 6.80. The van der Waals surface area contributed by atoms with Crippen molar-refractivity contribution in [3.05, 3.63) is 64.5 Å². The maximum Gasteiger partial charge on any atom is 0.318 e. The molecule has 0 atom stereocenters. The van der Waals surface area contributed by atoms with E-state index in [1.165, 1.54) is 17.0 Å². The summed E-state index contributed by atoms with van der Waals surface area (Å²) < 4.78 is 26.9. The van der Waals surface area contributed by atoms with Gasteiger partial charge in [-0.05, 0) is 62.1 Å². The molecule has 3 rings (SSSR count). The van der Waals surface area contributed by atoms with E-state index >= 15 is 0 Å². The summed E-state index contributed by atoms with van der Waals surface area (Å²) in [5, 5.41) is 2.91. The lowest BCUT2D eigenvalue weighted by molar-refractivity contribution is 0.200. The van der Waals surface area contributed by atoms with E-state index < -0.39 is 17.2 Å². The SMILES string of the molecule is Cc1cc(C)nc(CN(C)C(=O)NC2(c3cc(F)cc(F)c3)CC2)c1. The van der Waals surface area contributed by atoms with Gasteiger partial charge in [-0.1, -0.05) is 0 Å². The van der Waals surface area contributed by atoms with Crippen molar-refractivity contribution in [1.82, 2.24) is 15.2 Å². The minimum absolute atomic E-state index is 0.289. The first-order valence-corrected chi connectivity index (χ1v) is 8.21. The van der Waals surface area contributed by atoms with E-state index in [-0.39, 0.29) is 6.03 Å². The van der Waals surface area contributed by atoms with Crippen molar-refractivity contribution in [1.29, 1.82) is 0 Å². The number of benzene rings is 1. The molecular formula is C19H21F2N3O. The van der Waals surface area contributed by atoms with E-state index in [9.17, 15) is 13.6 Å². The van der Waals surface area contributed by atoms with Crippen LogP contribution in [0.5, 0.6) is 0 Å². The molecule has 0 unspecified atom stereocenters. The number of aryl methyl sites for hydroxylation is 2. The Morgan fingerprint density at radius 3 is 2.36 bits per heavy atom. The van der Waals surface area contributed by atoms with Gasteiger partial charge in [0.25, 0.3) is 0 Å². The van der Waals surface area contributed by atoms with Crippen LogP contribution in [0.15, 0.2) is 30.3 Å². The zero-order valence-electron chi connectivity index (χ0n) is 14.6. The number of carbonyl (C=O) groups excluding carboxylic acids is 1. The van der Waals surface area contributed by atoms with Gasteiger partial charge in [0.15, 0.2) is 0 Å². The number of hydrogen-bond donors (Lipinski definition) is 1. The predicted molar refractivity (Wildman–Crippen MR) is 91.0 cm³/mol. The maximum absolute atomic E-state index is 13.5. The number of rotatable bonds is 4. The van der Waals surface area contributed by atoms with Crippen LogP contribution in [0.1, 0.15) is 35.4 Å². The van der Waals surface area contributed by atoms with E-state index in [2.05, 4.69) is 10.3 Å². The van der Waals surface area contributed by atoms with E-state index in [4.69, 9.17) is 0 Å². The molecule has 0 bridgehead atoms. The van der Waals surface area contributed by atoms with Gasteiger partial charge in [-0.2, -0.15) is 0 Å². The number of amides is 2. The van der Waals surface area contributed by atoms with Crippen molar-refractivity contribution in [3.8, 4) is 0 Å². The molecule has 6 heteroatoms. The van der Waals surface area contributed by atoms with E-state index in [0.717, 1.165) is 23.0 Å². The zero-order valence-corrected chi connectivity index (χ0v) is 14.6. The minimum atomic E-state index is -0.676. The van der Waals surface area contributed by atoms with Crippen molar-refractivity contribution in [2.45, 2.75) is 38.8 Å². The number of nitrogens with zero attached hydrogens (tertiary/aromatic N) is 2. The maximum atomic E-state index is 13.5. The zero-order chi connectivity index (χ0) is 18.2. The Balaban J connectivity index is 1.70. The quantitative estimate of drug-likeness (QED) is 0.916. The summed E-state index contributed by atoms with van der Waals surface area (Å²) in [6.07, 6.45) is 1.33. The Morgan fingerprint density at radius 1 is 1.16 bits per heavy atom. The summed E-state index contributed by atoms with van der Waals surface area (Å²) in [7, 11) is 1.68. The molecule has 1 aliphatic rings. The third-order valence-corrected chi connectivity index (χ3v) is 4.41. The van der Waals surface area contributed by atoms with Crippen LogP contribution in [-0.4, -0.2) is 23.0 Å². The van der Waals surface area contributed by atoms with Gasteiger partial charge in [0.2, 0.25) is 0 Å². The molecule has 132 valence electrons. The Hall–Kier alpha value is -2.50.